The molecule has 1 aromatic rings. The van der Waals surface area contributed by atoms with Gasteiger partial charge in [-0.25, -0.2) is 4.79 Å². The average Bonchev–Trinajstić information content (AvgIpc) is 2.61. The number of carbonyl (C=O) groups excluding carboxylic acids is 3. The van der Waals surface area contributed by atoms with Gasteiger partial charge in [0, 0.05) is 30.5 Å². The van der Waals surface area contributed by atoms with Gasteiger partial charge in [0.2, 0.25) is 11.8 Å². The number of amides is 3. The number of nitrogens with one attached hydrogen (secondary N) is 1. The number of carbonyl (C=O) groups is 3. The molecule has 1 N–H and O–H groups in total. The number of rotatable bonds is 4. The van der Waals surface area contributed by atoms with Gasteiger partial charge in [0.1, 0.15) is 5.60 Å². The summed E-state index contributed by atoms with van der Waals surface area (Å²) in [5.41, 5.74) is 0.129. The van der Waals surface area contributed by atoms with E-state index in [1.165, 1.54) is 4.90 Å². The van der Waals surface area contributed by atoms with Crippen LogP contribution in [0.1, 0.15) is 33.6 Å². The molecule has 1 aromatic carbocycles. The molecule has 1 heterocycles. The number of benzene rings is 1. The van der Waals surface area contributed by atoms with E-state index in [0.717, 1.165) is 4.47 Å². The summed E-state index contributed by atoms with van der Waals surface area (Å²) in [6, 6.07) is 7.31. The van der Waals surface area contributed by atoms with Gasteiger partial charge in [-0.15, -0.1) is 0 Å². The molecule has 8 heteroatoms. The summed E-state index contributed by atoms with van der Waals surface area (Å²) in [5, 5.41) is 2.79. The van der Waals surface area contributed by atoms with Crippen molar-refractivity contribution in [2.24, 2.45) is 5.92 Å². The summed E-state index contributed by atoms with van der Waals surface area (Å²) in [6.45, 7) is 6.41. The van der Waals surface area contributed by atoms with E-state index in [0.29, 0.717) is 31.6 Å². The highest BCUT2D eigenvalue weighted by atomic mass is 79.9. The molecule has 0 unspecified atom stereocenters. The predicted octanol–water partition coefficient (Wildman–Crippen LogP) is 3.49. The van der Waals surface area contributed by atoms with Crippen LogP contribution in [0.5, 0.6) is 0 Å². The Morgan fingerprint density at radius 3 is 2.39 bits per heavy atom. The second-order valence-corrected chi connectivity index (χ2v) is 8.82. The van der Waals surface area contributed by atoms with Crippen LogP contribution in [0.4, 0.5) is 10.5 Å². The fourth-order valence-corrected chi connectivity index (χ4v) is 3.38. The van der Waals surface area contributed by atoms with Crippen LogP contribution in [0.2, 0.25) is 0 Å². The highest BCUT2D eigenvalue weighted by molar-refractivity contribution is 9.10. The normalized spacial score (nSPS) is 15.1. The smallest absolute Gasteiger partial charge is 0.410 e. The molecule has 0 radical (unpaired) electrons. The molecule has 1 fully saturated rings. The molecule has 0 atom stereocenters. The number of hydrogen-bond donors (Lipinski definition) is 1. The zero-order chi connectivity index (χ0) is 20.9. The molecule has 0 saturated carbocycles. The minimum absolute atomic E-state index is 0.0214. The van der Waals surface area contributed by atoms with E-state index in [1.54, 1.807) is 18.0 Å². The van der Waals surface area contributed by atoms with Crippen LogP contribution in [0.25, 0.3) is 0 Å². The van der Waals surface area contributed by atoms with Gasteiger partial charge in [-0.3, -0.25) is 9.59 Å². The molecule has 1 aliphatic heterocycles. The molecule has 154 valence electrons. The van der Waals surface area contributed by atoms with Crippen molar-refractivity contribution in [3.05, 3.63) is 28.7 Å². The van der Waals surface area contributed by atoms with Crippen molar-refractivity contribution in [2.75, 3.05) is 32.0 Å². The Bertz CT molecular complexity index is 724. The van der Waals surface area contributed by atoms with Crippen LogP contribution < -0.4 is 5.32 Å². The second-order valence-electron chi connectivity index (χ2n) is 7.96. The van der Waals surface area contributed by atoms with Gasteiger partial charge >= 0.3 is 6.09 Å². The summed E-state index contributed by atoms with van der Waals surface area (Å²) in [5.74, 6) is -0.528. The zero-order valence-corrected chi connectivity index (χ0v) is 18.4. The lowest BCUT2D eigenvalue weighted by Crippen LogP contribution is -2.46. The van der Waals surface area contributed by atoms with Crippen LogP contribution in [0.15, 0.2) is 28.7 Å². The van der Waals surface area contributed by atoms with E-state index in [1.807, 2.05) is 39.0 Å². The molecule has 1 saturated heterocycles. The molecule has 0 aliphatic carbocycles. The summed E-state index contributed by atoms with van der Waals surface area (Å²) >= 11 is 3.38. The molecule has 1 aliphatic rings. The number of para-hydroxylation sites is 1. The first-order chi connectivity index (χ1) is 13.1. The van der Waals surface area contributed by atoms with Crippen LogP contribution in [-0.2, 0) is 14.3 Å². The summed E-state index contributed by atoms with van der Waals surface area (Å²) < 4.78 is 6.16. The Morgan fingerprint density at radius 1 is 1.21 bits per heavy atom. The number of ether oxygens (including phenoxy) is 1. The van der Waals surface area contributed by atoms with E-state index >= 15 is 0 Å². The average molecular weight is 454 g/mol. The predicted molar refractivity (Wildman–Crippen MR) is 111 cm³/mol. The molecular formula is C20H28BrN3O4. The lowest BCUT2D eigenvalue weighted by molar-refractivity contribution is -0.138. The Balaban J connectivity index is 1.81. The summed E-state index contributed by atoms with van der Waals surface area (Å²) in [7, 11) is 1.63. The van der Waals surface area contributed by atoms with Crippen molar-refractivity contribution in [2.45, 2.75) is 39.2 Å². The quantitative estimate of drug-likeness (QED) is 0.756. The van der Waals surface area contributed by atoms with Gasteiger partial charge in [0.05, 0.1) is 12.2 Å². The molecule has 2 rings (SSSR count). The van der Waals surface area contributed by atoms with Crippen molar-refractivity contribution >= 4 is 39.5 Å². The summed E-state index contributed by atoms with van der Waals surface area (Å²) in [6.07, 6.45) is 0.780. The van der Waals surface area contributed by atoms with Gasteiger partial charge in [-0.05, 0) is 61.7 Å². The molecule has 0 bridgehead atoms. The van der Waals surface area contributed by atoms with Crippen molar-refractivity contribution in [3.8, 4) is 0 Å². The third kappa shape index (κ3) is 6.51. The topological polar surface area (TPSA) is 79.0 Å². The number of nitrogens with zero attached hydrogens (tertiary/aromatic N) is 2. The number of hydrogen-bond acceptors (Lipinski definition) is 4. The Kier molecular flexibility index (Phi) is 7.46. The molecule has 0 aromatic heterocycles. The lowest BCUT2D eigenvalue weighted by atomic mass is 9.95. The van der Waals surface area contributed by atoms with Crippen LogP contribution in [-0.4, -0.2) is 60.0 Å². The first-order valence-electron chi connectivity index (χ1n) is 9.34. The van der Waals surface area contributed by atoms with Crippen molar-refractivity contribution < 1.29 is 19.1 Å². The van der Waals surface area contributed by atoms with E-state index in [2.05, 4.69) is 21.2 Å². The number of anilines is 1. The monoisotopic (exact) mass is 453 g/mol. The fourth-order valence-electron chi connectivity index (χ4n) is 2.99. The molecule has 0 spiro atoms. The third-order valence-corrected chi connectivity index (χ3v) is 5.09. The Labute approximate surface area is 174 Å². The molecule has 28 heavy (non-hydrogen) atoms. The van der Waals surface area contributed by atoms with E-state index in [9.17, 15) is 14.4 Å². The minimum atomic E-state index is -0.537. The van der Waals surface area contributed by atoms with Crippen molar-refractivity contribution in [1.82, 2.24) is 9.80 Å². The number of likely N-dealkylation sites (N-methyl/N-ethyl adjacent to an activating group) is 1. The maximum absolute atomic E-state index is 12.7. The highest BCUT2D eigenvalue weighted by Crippen LogP contribution is 2.23. The SMILES string of the molecule is CN(CC(=O)Nc1ccccc1Br)C(=O)C1CCN(C(=O)OC(C)(C)C)CC1. The van der Waals surface area contributed by atoms with E-state index in [-0.39, 0.29) is 30.4 Å². The Hall–Kier alpha value is -2.09. The molecule has 7 nitrogen and oxygen atoms in total. The molecular weight excluding hydrogens is 426 g/mol. The molecule has 3 amide bonds. The Morgan fingerprint density at radius 2 is 1.82 bits per heavy atom. The highest BCUT2D eigenvalue weighted by Gasteiger charge is 2.31. The van der Waals surface area contributed by atoms with Crippen LogP contribution in [0.3, 0.4) is 0 Å². The van der Waals surface area contributed by atoms with Crippen LogP contribution in [0, 0.1) is 5.92 Å². The number of halogens is 1. The number of likely N-dealkylation sites (tertiary alicyclic amines) is 1. The van der Waals surface area contributed by atoms with Crippen molar-refractivity contribution in [3.63, 3.8) is 0 Å². The first-order valence-corrected chi connectivity index (χ1v) is 10.1. The fraction of sp³-hybridized carbons (Fsp3) is 0.550. The zero-order valence-electron chi connectivity index (χ0n) is 16.8. The van der Waals surface area contributed by atoms with E-state index in [4.69, 9.17) is 4.74 Å². The van der Waals surface area contributed by atoms with Crippen molar-refractivity contribution in [1.29, 1.82) is 0 Å². The largest absolute Gasteiger partial charge is 0.444 e. The van der Waals surface area contributed by atoms with Gasteiger partial charge in [-0.2, -0.15) is 0 Å². The maximum atomic E-state index is 12.7. The minimum Gasteiger partial charge on any atom is -0.444 e. The van der Waals surface area contributed by atoms with Gasteiger partial charge in [0.15, 0.2) is 0 Å². The maximum Gasteiger partial charge on any atom is 0.410 e. The van der Waals surface area contributed by atoms with Gasteiger partial charge in [0.25, 0.3) is 0 Å². The third-order valence-electron chi connectivity index (χ3n) is 4.40. The lowest BCUT2D eigenvalue weighted by Gasteiger charge is -2.34. The second kappa shape index (κ2) is 9.41. The standard InChI is InChI=1S/C20H28BrN3O4/c1-20(2,3)28-19(27)24-11-9-14(10-12-24)18(26)23(4)13-17(25)22-16-8-6-5-7-15(16)21/h5-8,14H,9-13H2,1-4H3,(H,22,25). The first kappa shape index (κ1) is 22.2. The summed E-state index contributed by atoms with van der Waals surface area (Å²) in [4.78, 5) is 40.1. The van der Waals surface area contributed by atoms with Gasteiger partial charge < -0.3 is 19.9 Å². The van der Waals surface area contributed by atoms with Crippen LogP contribution >= 0.6 is 15.9 Å². The number of piperidine rings is 1. The van der Waals surface area contributed by atoms with E-state index < -0.39 is 5.60 Å². The van der Waals surface area contributed by atoms with Gasteiger partial charge in [-0.1, -0.05) is 12.1 Å².